The first-order chi connectivity index (χ1) is 42.5. The maximum absolute atomic E-state index is 12.9. The second kappa shape index (κ2) is 67.1. The zero-order valence-electron chi connectivity index (χ0n) is 57.2. The molecule has 0 bridgehead atoms. The van der Waals surface area contributed by atoms with E-state index in [9.17, 15) is 19.0 Å². The van der Waals surface area contributed by atoms with Gasteiger partial charge in [0.15, 0.2) is 6.10 Å². The summed E-state index contributed by atoms with van der Waals surface area (Å²) in [7, 11) is 1.14. The summed E-state index contributed by atoms with van der Waals surface area (Å²) in [5, 5.41) is 0. The van der Waals surface area contributed by atoms with Crippen LogP contribution in [-0.4, -0.2) is 70.0 Å². The van der Waals surface area contributed by atoms with Crippen molar-refractivity contribution >= 4 is 19.8 Å². The van der Waals surface area contributed by atoms with Gasteiger partial charge in [-0.2, -0.15) is 0 Å². The fourth-order valence-electron chi connectivity index (χ4n) is 10.1. The van der Waals surface area contributed by atoms with Crippen LogP contribution in [0.5, 0.6) is 0 Å². The van der Waals surface area contributed by atoms with Crippen LogP contribution in [0.3, 0.4) is 0 Å². The van der Waals surface area contributed by atoms with Gasteiger partial charge in [-0.05, 0) is 83.5 Å². The van der Waals surface area contributed by atoms with Crippen molar-refractivity contribution in [1.29, 1.82) is 0 Å². The first-order valence-corrected chi connectivity index (χ1v) is 37.6. The third-order valence-electron chi connectivity index (χ3n) is 15.6. The molecule has 0 aromatic heterocycles. The highest BCUT2D eigenvalue weighted by Crippen LogP contribution is 2.38. The molecular formula is C77H136NO8P. The van der Waals surface area contributed by atoms with Gasteiger partial charge < -0.3 is 27.9 Å². The summed E-state index contributed by atoms with van der Waals surface area (Å²) >= 11 is 0. The second-order valence-corrected chi connectivity index (χ2v) is 26.6. The lowest BCUT2D eigenvalue weighted by Gasteiger charge is -2.28. The Labute approximate surface area is 537 Å². The van der Waals surface area contributed by atoms with Crippen LogP contribution in [0, 0.1) is 0 Å². The Kier molecular flexibility index (Phi) is 64.5. The summed E-state index contributed by atoms with van der Waals surface area (Å²) in [6.07, 6.45) is 94.7. The number of carbonyl (C=O) groups is 2. The Hall–Kier alpha value is -3.33. The van der Waals surface area contributed by atoms with Crippen molar-refractivity contribution in [1.82, 2.24) is 0 Å². The molecule has 0 aromatic rings. The molecule has 0 saturated heterocycles. The van der Waals surface area contributed by atoms with E-state index in [2.05, 4.69) is 123 Å². The van der Waals surface area contributed by atoms with Crippen LogP contribution >= 0.6 is 7.82 Å². The minimum Gasteiger partial charge on any atom is -0.756 e. The number of carbonyl (C=O) groups excluding carboxylic acids is 2. The molecule has 0 aliphatic rings. The van der Waals surface area contributed by atoms with Crippen LogP contribution in [0.1, 0.15) is 316 Å². The van der Waals surface area contributed by atoms with Crippen molar-refractivity contribution in [3.63, 3.8) is 0 Å². The minimum atomic E-state index is -4.66. The number of allylic oxidation sites excluding steroid dienone is 18. The van der Waals surface area contributed by atoms with E-state index in [1.807, 2.05) is 21.1 Å². The predicted molar refractivity (Wildman–Crippen MR) is 374 cm³/mol. The summed E-state index contributed by atoms with van der Waals surface area (Å²) in [6, 6.07) is 0. The van der Waals surface area contributed by atoms with Gasteiger partial charge in [0, 0.05) is 12.8 Å². The number of ether oxygens (including phenoxy) is 2. The molecule has 10 heteroatoms. The molecule has 0 saturated carbocycles. The zero-order chi connectivity index (χ0) is 63.4. The largest absolute Gasteiger partial charge is 0.756 e. The van der Waals surface area contributed by atoms with Gasteiger partial charge in [-0.25, -0.2) is 0 Å². The van der Waals surface area contributed by atoms with Crippen LogP contribution in [0.15, 0.2) is 109 Å². The van der Waals surface area contributed by atoms with Gasteiger partial charge in [0.25, 0.3) is 7.82 Å². The third kappa shape index (κ3) is 71.6. The average Bonchev–Trinajstić information content (AvgIpc) is 3.62. The molecular weight excluding hydrogens is 1100 g/mol. The molecule has 0 N–H and O–H groups in total. The number of quaternary nitrogens is 1. The van der Waals surface area contributed by atoms with E-state index in [4.69, 9.17) is 18.5 Å². The Morgan fingerprint density at radius 1 is 0.368 bits per heavy atom. The van der Waals surface area contributed by atoms with E-state index in [0.717, 1.165) is 96.3 Å². The molecule has 2 unspecified atom stereocenters. The highest BCUT2D eigenvalue weighted by Gasteiger charge is 2.22. The van der Waals surface area contributed by atoms with Gasteiger partial charge >= 0.3 is 11.9 Å². The van der Waals surface area contributed by atoms with E-state index in [0.29, 0.717) is 17.4 Å². The van der Waals surface area contributed by atoms with Gasteiger partial charge in [-0.1, -0.05) is 329 Å². The average molecular weight is 1230 g/mol. The molecule has 87 heavy (non-hydrogen) atoms. The van der Waals surface area contributed by atoms with Crippen LogP contribution in [0.4, 0.5) is 0 Å². The number of phosphoric ester groups is 1. The van der Waals surface area contributed by atoms with E-state index < -0.39 is 26.5 Å². The number of phosphoric acid groups is 1. The van der Waals surface area contributed by atoms with E-state index in [-0.39, 0.29) is 32.0 Å². The molecule has 0 aliphatic heterocycles. The molecule has 2 atom stereocenters. The molecule has 0 heterocycles. The highest BCUT2D eigenvalue weighted by atomic mass is 31.2. The van der Waals surface area contributed by atoms with Crippen LogP contribution < -0.4 is 4.89 Å². The van der Waals surface area contributed by atoms with Crippen LogP contribution in [0.2, 0.25) is 0 Å². The van der Waals surface area contributed by atoms with Crippen molar-refractivity contribution in [3.05, 3.63) is 109 Å². The van der Waals surface area contributed by atoms with Gasteiger partial charge in [-0.3, -0.25) is 14.2 Å². The second-order valence-electron chi connectivity index (χ2n) is 25.2. The summed E-state index contributed by atoms with van der Waals surface area (Å²) in [6.45, 7) is 4.12. The monoisotopic (exact) mass is 1230 g/mol. The van der Waals surface area contributed by atoms with Gasteiger partial charge in [0.2, 0.25) is 0 Å². The number of nitrogens with zero attached hydrogens (tertiary/aromatic N) is 1. The highest BCUT2D eigenvalue weighted by molar-refractivity contribution is 7.45. The first kappa shape index (κ1) is 83.7. The summed E-state index contributed by atoms with van der Waals surface area (Å²) < 4.78 is 34.3. The third-order valence-corrected chi connectivity index (χ3v) is 16.5. The molecule has 502 valence electrons. The van der Waals surface area contributed by atoms with Crippen molar-refractivity contribution in [3.8, 4) is 0 Å². The molecule has 0 aliphatic carbocycles. The standard InChI is InChI=1S/C77H136NO8P/c1-6-8-10-12-14-16-18-20-22-24-26-28-30-32-34-36-38-40-41-43-45-47-49-51-53-55-57-59-61-63-65-67-69-76(79)83-73-75(74-85-87(81,82)84-72-71-78(3,4)5)86-77(80)70-68-66-64-62-60-58-56-54-52-50-48-46-44-42-39-37-35-33-31-29-27-25-23-21-19-17-15-13-11-9-7-2/h9,11,15,17,21,23,27,29,33,35,39,42,46,48,52,54,58,60,75H,6-8,10,12-14,16,18-20,22,24-26,28,30-32,34,36-38,40-41,43-45,47,49-51,53,55-57,59,61-74H2,1-5H3/b11-9-,17-15-,23-21-,29-27-,35-33-,42-39-,48-46-,54-52-,60-58-. The van der Waals surface area contributed by atoms with Crippen molar-refractivity contribution in [2.75, 3.05) is 47.5 Å². The van der Waals surface area contributed by atoms with Gasteiger partial charge in [0.1, 0.15) is 19.8 Å². The van der Waals surface area contributed by atoms with Crippen LogP contribution in [0.25, 0.3) is 0 Å². The van der Waals surface area contributed by atoms with Crippen molar-refractivity contribution < 1.29 is 42.1 Å². The zero-order valence-corrected chi connectivity index (χ0v) is 58.1. The molecule has 0 amide bonds. The lowest BCUT2D eigenvalue weighted by molar-refractivity contribution is -0.870. The lowest BCUT2D eigenvalue weighted by atomic mass is 10.0. The SMILES string of the molecule is CC/C=C\C/C=C\C/C=C\C/C=C\C/C=C\C/C=C\C/C=C\C/C=C\C/C=C\CCCCCC(=O)OC(COC(=O)CCCCCCCCCCCCCCCCCCCCCCCCCCCCCCCCCC)COP(=O)([O-])OCC[N+](C)(C)C. The number of unbranched alkanes of at least 4 members (excludes halogenated alkanes) is 34. The van der Waals surface area contributed by atoms with Crippen molar-refractivity contribution in [2.45, 2.75) is 322 Å². The number of rotatable bonds is 66. The molecule has 0 spiro atoms. The number of esters is 2. The number of hydrogen-bond donors (Lipinski definition) is 0. The minimum absolute atomic E-state index is 0.0419. The molecule has 9 nitrogen and oxygen atoms in total. The van der Waals surface area contributed by atoms with E-state index >= 15 is 0 Å². The van der Waals surface area contributed by atoms with Crippen molar-refractivity contribution in [2.24, 2.45) is 0 Å². The maximum atomic E-state index is 12.9. The quantitative estimate of drug-likeness (QED) is 0.0195. The normalized spacial score (nSPS) is 13.8. The van der Waals surface area contributed by atoms with E-state index in [1.54, 1.807) is 0 Å². The van der Waals surface area contributed by atoms with E-state index in [1.165, 1.54) is 186 Å². The van der Waals surface area contributed by atoms with Crippen LogP contribution in [-0.2, 0) is 32.7 Å². The molecule has 0 fully saturated rings. The Morgan fingerprint density at radius 2 is 0.655 bits per heavy atom. The van der Waals surface area contributed by atoms with Gasteiger partial charge in [-0.15, -0.1) is 0 Å². The summed E-state index contributed by atoms with van der Waals surface area (Å²) in [5.41, 5.74) is 0. The smallest absolute Gasteiger partial charge is 0.306 e. The Bertz CT molecular complexity index is 1840. The Morgan fingerprint density at radius 3 is 0.977 bits per heavy atom. The Balaban J connectivity index is 4.10. The number of hydrogen-bond acceptors (Lipinski definition) is 8. The molecule has 0 aromatic carbocycles. The topological polar surface area (TPSA) is 111 Å². The fraction of sp³-hybridized carbons (Fsp3) is 0.740. The summed E-state index contributed by atoms with van der Waals surface area (Å²) in [4.78, 5) is 38.1. The maximum Gasteiger partial charge on any atom is 0.306 e. The summed E-state index contributed by atoms with van der Waals surface area (Å²) in [5.74, 6) is -0.867. The lowest BCUT2D eigenvalue weighted by Crippen LogP contribution is -2.37. The van der Waals surface area contributed by atoms with Gasteiger partial charge in [0.05, 0.1) is 27.7 Å². The predicted octanol–water partition coefficient (Wildman–Crippen LogP) is 23.0. The number of likely N-dealkylation sites (N-methyl/N-ethyl adjacent to an activating group) is 1. The molecule has 0 rings (SSSR count). The first-order valence-electron chi connectivity index (χ1n) is 36.1. The molecule has 0 radical (unpaired) electrons. The fourth-order valence-corrected chi connectivity index (χ4v) is 10.8.